The summed E-state index contributed by atoms with van der Waals surface area (Å²) in [5, 5.41) is 0. The van der Waals surface area contributed by atoms with Gasteiger partial charge in [-0.1, -0.05) is 19.3 Å². The molecule has 0 atom stereocenters. The Kier molecular flexibility index (Phi) is 4.93. The molecule has 2 saturated carbocycles. The zero-order chi connectivity index (χ0) is 16.4. The Labute approximate surface area is 146 Å². The van der Waals surface area contributed by atoms with Crippen molar-refractivity contribution >= 4 is 0 Å². The summed E-state index contributed by atoms with van der Waals surface area (Å²) in [6, 6.07) is 0.721. The lowest BCUT2D eigenvalue weighted by molar-refractivity contribution is -0.0493. The SMILES string of the molecule is CN(Cc1nccn1C1CC1)CC1(N2CCOCC2)CCCCC1. The van der Waals surface area contributed by atoms with Gasteiger partial charge in [0, 0.05) is 43.6 Å². The molecule has 0 aromatic carbocycles. The average Bonchev–Trinajstić information content (AvgIpc) is 3.36. The van der Waals surface area contributed by atoms with Gasteiger partial charge in [-0.15, -0.1) is 0 Å². The van der Waals surface area contributed by atoms with Gasteiger partial charge in [0.2, 0.25) is 0 Å². The number of aromatic nitrogens is 2. The molecular formula is C19H32N4O. The van der Waals surface area contributed by atoms with Crippen LogP contribution >= 0.6 is 0 Å². The van der Waals surface area contributed by atoms with Gasteiger partial charge >= 0.3 is 0 Å². The van der Waals surface area contributed by atoms with Crippen LogP contribution in [0, 0.1) is 0 Å². The van der Waals surface area contributed by atoms with Crippen LogP contribution in [0.5, 0.6) is 0 Å². The Hall–Kier alpha value is -0.910. The van der Waals surface area contributed by atoms with E-state index in [2.05, 4.69) is 32.6 Å². The highest BCUT2D eigenvalue weighted by Gasteiger charge is 2.39. The molecule has 3 fully saturated rings. The summed E-state index contributed by atoms with van der Waals surface area (Å²) in [6.45, 7) is 6.13. The molecular weight excluding hydrogens is 300 g/mol. The lowest BCUT2D eigenvalue weighted by Crippen LogP contribution is -2.59. The van der Waals surface area contributed by atoms with Crippen LogP contribution in [-0.4, -0.2) is 64.8 Å². The van der Waals surface area contributed by atoms with E-state index < -0.39 is 0 Å². The number of hydrogen-bond donors (Lipinski definition) is 0. The van der Waals surface area contributed by atoms with Gasteiger partial charge in [0.05, 0.1) is 19.8 Å². The van der Waals surface area contributed by atoms with Crippen molar-refractivity contribution in [3.8, 4) is 0 Å². The van der Waals surface area contributed by atoms with Crippen LogP contribution in [0.25, 0.3) is 0 Å². The van der Waals surface area contributed by atoms with Gasteiger partial charge in [-0.2, -0.15) is 0 Å². The molecule has 5 heteroatoms. The first kappa shape index (κ1) is 16.6. The molecule has 0 amide bonds. The van der Waals surface area contributed by atoms with E-state index in [0.29, 0.717) is 5.54 Å². The molecule has 0 bridgehead atoms. The maximum Gasteiger partial charge on any atom is 0.123 e. The molecule has 1 saturated heterocycles. The van der Waals surface area contributed by atoms with Crippen molar-refractivity contribution in [2.75, 3.05) is 39.9 Å². The predicted molar refractivity (Wildman–Crippen MR) is 95.0 cm³/mol. The van der Waals surface area contributed by atoms with E-state index in [1.807, 2.05) is 6.20 Å². The molecule has 0 N–H and O–H groups in total. The van der Waals surface area contributed by atoms with Crippen LogP contribution in [0.2, 0.25) is 0 Å². The van der Waals surface area contributed by atoms with Crippen molar-refractivity contribution < 1.29 is 4.74 Å². The largest absolute Gasteiger partial charge is 0.379 e. The summed E-state index contributed by atoms with van der Waals surface area (Å²) in [5.41, 5.74) is 0.355. The van der Waals surface area contributed by atoms with Crippen LogP contribution in [0.1, 0.15) is 56.8 Å². The van der Waals surface area contributed by atoms with Gasteiger partial charge in [0.1, 0.15) is 5.82 Å². The number of nitrogens with zero attached hydrogens (tertiary/aromatic N) is 4. The lowest BCUT2D eigenvalue weighted by atomic mass is 9.79. The predicted octanol–water partition coefficient (Wildman–Crippen LogP) is 2.68. The Morgan fingerprint density at radius 1 is 1.21 bits per heavy atom. The first-order valence-corrected chi connectivity index (χ1v) is 9.80. The first-order valence-electron chi connectivity index (χ1n) is 9.80. The van der Waals surface area contributed by atoms with Crippen molar-refractivity contribution in [3.05, 3.63) is 18.2 Å². The fourth-order valence-electron chi connectivity index (χ4n) is 4.77. The zero-order valence-corrected chi connectivity index (χ0v) is 15.1. The van der Waals surface area contributed by atoms with Gasteiger partial charge in [-0.3, -0.25) is 9.80 Å². The molecule has 1 aromatic rings. The van der Waals surface area contributed by atoms with E-state index in [4.69, 9.17) is 4.74 Å². The van der Waals surface area contributed by atoms with Crippen LogP contribution in [-0.2, 0) is 11.3 Å². The minimum absolute atomic E-state index is 0.355. The third-order valence-electron chi connectivity index (χ3n) is 6.13. The van der Waals surface area contributed by atoms with E-state index in [1.54, 1.807) is 0 Å². The number of rotatable bonds is 6. The molecule has 2 aliphatic carbocycles. The van der Waals surface area contributed by atoms with Crippen LogP contribution in [0.15, 0.2) is 12.4 Å². The van der Waals surface area contributed by atoms with Gasteiger partial charge in [0.15, 0.2) is 0 Å². The maximum absolute atomic E-state index is 5.61. The van der Waals surface area contributed by atoms with Crippen molar-refractivity contribution in [1.29, 1.82) is 0 Å². The average molecular weight is 332 g/mol. The second-order valence-electron chi connectivity index (χ2n) is 8.04. The lowest BCUT2D eigenvalue weighted by Gasteiger charge is -2.49. The second kappa shape index (κ2) is 7.14. The van der Waals surface area contributed by atoms with E-state index in [0.717, 1.165) is 45.4 Å². The minimum Gasteiger partial charge on any atom is -0.379 e. The fourth-order valence-corrected chi connectivity index (χ4v) is 4.77. The van der Waals surface area contributed by atoms with Gasteiger partial charge in [0.25, 0.3) is 0 Å². The number of hydrogen-bond acceptors (Lipinski definition) is 4. The molecule has 0 unspecified atom stereocenters. The molecule has 1 aromatic heterocycles. The van der Waals surface area contributed by atoms with Crippen molar-refractivity contribution in [3.63, 3.8) is 0 Å². The smallest absolute Gasteiger partial charge is 0.123 e. The summed E-state index contributed by atoms with van der Waals surface area (Å²) in [4.78, 5) is 9.88. The molecule has 24 heavy (non-hydrogen) atoms. The van der Waals surface area contributed by atoms with E-state index in [-0.39, 0.29) is 0 Å². The Bertz CT molecular complexity index is 527. The molecule has 3 aliphatic rings. The Morgan fingerprint density at radius 2 is 1.96 bits per heavy atom. The summed E-state index contributed by atoms with van der Waals surface area (Å²) in [5.74, 6) is 1.24. The molecule has 4 rings (SSSR count). The number of imidazole rings is 1. The summed E-state index contributed by atoms with van der Waals surface area (Å²) >= 11 is 0. The van der Waals surface area contributed by atoms with Gasteiger partial charge < -0.3 is 9.30 Å². The van der Waals surface area contributed by atoms with E-state index in [9.17, 15) is 0 Å². The highest BCUT2D eigenvalue weighted by molar-refractivity contribution is 5.01. The molecule has 2 heterocycles. The first-order chi connectivity index (χ1) is 11.8. The molecule has 0 spiro atoms. The monoisotopic (exact) mass is 332 g/mol. The Balaban J connectivity index is 1.44. The van der Waals surface area contributed by atoms with Crippen molar-refractivity contribution in [2.24, 2.45) is 0 Å². The quantitative estimate of drug-likeness (QED) is 0.802. The normalized spacial score (nSPS) is 25.2. The highest BCUT2D eigenvalue weighted by atomic mass is 16.5. The molecule has 1 aliphatic heterocycles. The maximum atomic E-state index is 5.61. The standard InChI is InChI=1S/C19H32N4O/c1-21(15-18-20-9-10-23(18)17-5-6-17)16-19(7-3-2-4-8-19)22-11-13-24-14-12-22/h9-10,17H,2-8,11-16H2,1H3. The third kappa shape index (κ3) is 3.53. The molecule has 5 nitrogen and oxygen atoms in total. The second-order valence-corrected chi connectivity index (χ2v) is 8.04. The summed E-state index contributed by atoms with van der Waals surface area (Å²) in [7, 11) is 2.28. The third-order valence-corrected chi connectivity index (χ3v) is 6.13. The summed E-state index contributed by atoms with van der Waals surface area (Å²) < 4.78 is 8.01. The Morgan fingerprint density at radius 3 is 2.67 bits per heavy atom. The highest BCUT2D eigenvalue weighted by Crippen LogP contribution is 2.37. The van der Waals surface area contributed by atoms with Gasteiger partial charge in [-0.05, 0) is 32.7 Å². The van der Waals surface area contributed by atoms with Crippen LogP contribution in [0.4, 0.5) is 0 Å². The topological polar surface area (TPSA) is 33.5 Å². The fraction of sp³-hybridized carbons (Fsp3) is 0.842. The van der Waals surface area contributed by atoms with Crippen LogP contribution in [0.3, 0.4) is 0 Å². The van der Waals surface area contributed by atoms with Crippen molar-refractivity contribution in [1.82, 2.24) is 19.4 Å². The number of likely N-dealkylation sites (N-methyl/N-ethyl adjacent to an activating group) is 1. The van der Waals surface area contributed by atoms with Crippen LogP contribution < -0.4 is 0 Å². The molecule has 134 valence electrons. The van der Waals surface area contributed by atoms with Gasteiger partial charge in [-0.25, -0.2) is 4.98 Å². The van der Waals surface area contributed by atoms with Crippen molar-refractivity contribution in [2.45, 2.75) is 63.1 Å². The summed E-state index contributed by atoms with van der Waals surface area (Å²) in [6.07, 6.45) is 13.6. The van der Waals surface area contributed by atoms with E-state index in [1.165, 1.54) is 50.8 Å². The number of morpholine rings is 1. The zero-order valence-electron chi connectivity index (χ0n) is 15.1. The van der Waals surface area contributed by atoms with E-state index >= 15 is 0 Å². The minimum atomic E-state index is 0.355. The molecule has 0 radical (unpaired) electrons. The number of ether oxygens (including phenoxy) is 1.